The van der Waals surface area contributed by atoms with Crippen molar-refractivity contribution in [3.05, 3.63) is 64.7 Å². The van der Waals surface area contributed by atoms with Gasteiger partial charge in [-0.2, -0.15) is 4.31 Å². The molecular weight excluding hydrogens is 396 g/mol. The number of benzene rings is 2. The third-order valence-electron chi connectivity index (χ3n) is 4.30. The Morgan fingerprint density at radius 2 is 1.76 bits per heavy atom. The minimum Gasteiger partial charge on any atom is -0.493 e. The Morgan fingerprint density at radius 1 is 1.10 bits per heavy atom. The number of rotatable bonds is 10. The van der Waals surface area contributed by atoms with E-state index in [9.17, 15) is 18.5 Å². The molecule has 0 amide bonds. The number of methoxy groups -OCH3 is 1. The van der Waals surface area contributed by atoms with E-state index >= 15 is 0 Å². The molecule has 0 aromatic heterocycles. The average molecular weight is 420 g/mol. The van der Waals surface area contributed by atoms with Crippen molar-refractivity contribution in [3.8, 4) is 17.2 Å². The summed E-state index contributed by atoms with van der Waals surface area (Å²) in [5, 5.41) is 11.6. The van der Waals surface area contributed by atoms with Crippen molar-refractivity contribution in [2.24, 2.45) is 0 Å². The molecule has 0 unspecified atom stereocenters. The second-order valence-electron chi connectivity index (χ2n) is 6.06. The highest BCUT2D eigenvalue weighted by Gasteiger charge is 2.26. The molecule has 2 aromatic carbocycles. The predicted octanol–water partition coefficient (Wildman–Crippen LogP) is 4.15. The van der Waals surface area contributed by atoms with E-state index in [2.05, 4.69) is 6.58 Å². The molecule has 0 aliphatic heterocycles. The van der Waals surface area contributed by atoms with Crippen molar-refractivity contribution in [1.82, 2.24) is 4.31 Å². The minimum absolute atomic E-state index is 0.0803. The van der Waals surface area contributed by atoms with Gasteiger partial charge < -0.3 is 9.47 Å². The summed E-state index contributed by atoms with van der Waals surface area (Å²) in [5.41, 5.74) is 0.495. The highest BCUT2D eigenvalue weighted by Crippen LogP contribution is 2.38. The van der Waals surface area contributed by atoms with Crippen molar-refractivity contribution >= 4 is 15.7 Å². The summed E-state index contributed by atoms with van der Waals surface area (Å²) < 4.78 is 37.6. The fourth-order valence-electron chi connectivity index (χ4n) is 2.81. The van der Waals surface area contributed by atoms with Crippen LogP contribution in [-0.4, -0.2) is 37.8 Å². The number of allylic oxidation sites excluding steroid dienone is 1. The minimum atomic E-state index is -3.83. The number of nitro benzene ring substituents is 1. The lowest BCUT2D eigenvalue weighted by atomic mass is 10.1. The second kappa shape index (κ2) is 9.53. The fraction of sp³-hybridized carbons (Fsp3) is 0.300. The van der Waals surface area contributed by atoms with Crippen molar-refractivity contribution in [2.75, 3.05) is 20.2 Å². The molecular formula is C20H24N2O6S. The third kappa shape index (κ3) is 4.93. The Morgan fingerprint density at radius 3 is 2.31 bits per heavy atom. The normalized spacial score (nSPS) is 11.3. The van der Waals surface area contributed by atoms with E-state index in [1.807, 2.05) is 0 Å². The molecule has 0 heterocycles. The lowest BCUT2D eigenvalue weighted by molar-refractivity contribution is -0.385. The Labute approximate surface area is 170 Å². The van der Waals surface area contributed by atoms with Crippen LogP contribution in [0.3, 0.4) is 0 Å². The van der Waals surface area contributed by atoms with Crippen molar-refractivity contribution in [1.29, 1.82) is 0 Å². The Hall–Kier alpha value is -2.91. The van der Waals surface area contributed by atoms with Crippen LogP contribution < -0.4 is 9.47 Å². The SMILES string of the molecule is C=CCc1ccc(Oc2ccc(S(=O)(=O)N(CC)CC)cc2[N+](=O)[O-])c(OC)c1. The Bertz CT molecular complexity index is 1000. The van der Waals surface area contributed by atoms with Crippen LogP contribution in [0, 0.1) is 10.1 Å². The number of hydrogen-bond acceptors (Lipinski definition) is 6. The zero-order valence-electron chi connectivity index (χ0n) is 16.6. The first-order valence-electron chi connectivity index (χ1n) is 9.02. The molecule has 2 rings (SSSR count). The zero-order chi connectivity index (χ0) is 21.6. The van der Waals surface area contributed by atoms with Crippen molar-refractivity contribution < 1.29 is 22.8 Å². The van der Waals surface area contributed by atoms with Crippen LogP contribution in [0.2, 0.25) is 0 Å². The van der Waals surface area contributed by atoms with Gasteiger partial charge in [0, 0.05) is 19.2 Å². The van der Waals surface area contributed by atoms with Gasteiger partial charge in [-0.25, -0.2) is 8.42 Å². The van der Waals surface area contributed by atoms with E-state index in [0.717, 1.165) is 11.6 Å². The summed E-state index contributed by atoms with van der Waals surface area (Å²) >= 11 is 0. The maximum Gasteiger partial charge on any atom is 0.312 e. The first kappa shape index (κ1) is 22.4. The lowest BCUT2D eigenvalue weighted by Gasteiger charge is -2.18. The van der Waals surface area contributed by atoms with Gasteiger partial charge in [0.2, 0.25) is 15.8 Å². The molecule has 0 saturated heterocycles. The number of hydrogen-bond donors (Lipinski definition) is 0. The van der Waals surface area contributed by atoms with E-state index in [1.165, 1.54) is 23.5 Å². The fourth-order valence-corrected chi connectivity index (χ4v) is 4.29. The van der Waals surface area contributed by atoms with Gasteiger partial charge in [-0.1, -0.05) is 26.0 Å². The first-order chi connectivity index (χ1) is 13.8. The van der Waals surface area contributed by atoms with Gasteiger partial charge in [-0.15, -0.1) is 6.58 Å². The molecule has 0 fully saturated rings. The van der Waals surface area contributed by atoms with Gasteiger partial charge >= 0.3 is 5.69 Å². The molecule has 156 valence electrons. The van der Waals surface area contributed by atoms with Gasteiger partial charge in [0.25, 0.3) is 0 Å². The summed E-state index contributed by atoms with van der Waals surface area (Å²) in [5.74, 6) is 0.601. The summed E-state index contributed by atoms with van der Waals surface area (Å²) in [4.78, 5) is 10.7. The molecule has 29 heavy (non-hydrogen) atoms. The maximum atomic E-state index is 12.7. The smallest absolute Gasteiger partial charge is 0.312 e. The summed E-state index contributed by atoms with van der Waals surface area (Å²) in [7, 11) is -2.37. The van der Waals surface area contributed by atoms with Crippen LogP contribution in [-0.2, 0) is 16.4 Å². The number of sulfonamides is 1. The van der Waals surface area contributed by atoms with Crippen molar-refractivity contribution in [3.63, 3.8) is 0 Å². The van der Waals surface area contributed by atoms with Gasteiger partial charge in [-0.3, -0.25) is 10.1 Å². The molecule has 0 radical (unpaired) electrons. The molecule has 0 spiro atoms. The Kier molecular flexibility index (Phi) is 7.35. The number of nitrogens with zero attached hydrogens (tertiary/aromatic N) is 2. The van der Waals surface area contributed by atoms with E-state index in [1.54, 1.807) is 38.1 Å². The molecule has 8 nitrogen and oxygen atoms in total. The zero-order valence-corrected chi connectivity index (χ0v) is 17.4. The van der Waals surface area contributed by atoms with E-state index in [-0.39, 0.29) is 29.5 Å². The summed E-state index contributed by atoms with van der Waals surface area (Å²) in [6.07, 6.45) is 2.38. The van der Waals surface area contributed by atoms with Crippen LogP contribution in [0.1, 0.15) is 19.4 Å². The molecule has 9 heteroatoms. The molecule has 0 bridgehead atoms. The molecule has 0 N–H and O–H groups in total. The van der Waals surface area contributed by atoms with E-state index in [0.29, 0.717) is 12.2 Å². The van der Waals surface area contributed by atoms with Crippen LogP contribution >= 0.6 is 0 Å². The number of nitro groups is 1. The van der Waals surface area contributed by atoms with Crippen LogP contribution in [0.15, 0.2) is 53.9 Å². The summed E-state index contributed by atoms with van der Waals surface area (Å²) in [6, 6.07) is 8.79. The molecule has 0 atom stereocenters. The monoisotopic (exact) mass is 420 g/mol. The third-order valence-corrected chi connectivity index (χ3v) is 6.34. The molecule has 0 aliphatic carbocycles. The first-order valence-corrected chi connectivity index (χ1v) is 10.5. The highest BCUT2D eigenvalue weighted by molar-refractivity contribution is 7.89. The second-order valence-corrected chi connectivity index (χ2v) is 7.99. The summed E-state index contributed by atoms with van der Waals surface area (Å²) in [6.45, 7) is 7.62. The van der Waals surface area contributed by atoms with Crippen LogP contribution in [0.25, 0.3) is 0 Å². The molecule has 2 aromatic rings. The van der Waals surface area contributed by atoms with Gasteiger partial charge in [0.05, 0.1) is 16.9 Å². The average Bonchev–Trinajstić information content (AvgIpc) is 2.70. The maximum absolute atomic E-state index is 12.7. The van der Waals surface area contributed by atoms with Gasteiger partial charge in [0.15, 0.2) is 11.5 Å². The van der Waals surface area contributed by atoms with Gasteiger partial charge in [0.1, 0.15) is 0 Å². The number of ether oxygens (including phenoxy) is 2. The predicted molar refractivity (Wildman–Crippen MR) is 110 cm³/mol. The Balaban J connectivity index is 2.47. The quantitative estimate of drug-likeness (QED) is 0.325. The van der Waals surface area contributed by atoms with E-state index < -0.39 is 20.6 Å². The van der Waals surface area contributed by atoms with E-state index in [4.69, 9.17) is 9.47 Å². The largest absolute Gasteiger partial charge is 0.493 e. The standard InChI is InChI=1S/C20H24N2O6S/c1-5-8-15-9-11-19(20(13-15)27-4)28-18-12-10-16(14-17(18)22(23)24)29(25,26)21(6-2)7-3/h5,9-14H,1,6-8H2,2-4H3. The van der Waals surface area contributed by atoms with Crippen LogP contribution in [0.4, 0.5) is 5.69 Å². The molecule has 0 aliphatic rings. The lowest BCUT2D eigenvalue weighted by Crippen LogP contribution is -2.30. The highest BCUT2D eigenvalue weighted by atomic mass is 32.2. The topological polar surface area (TPSA) is 99.0 Å². The molecule has 0 saturated carbocycles. The van der Waals surface area contributed by atoms with Crippen LogP contribution in [0.5, 0.6) is 17.2 Å². The van der Waals surface area contributed by atoms with Crippen molar-refractivity contribution in [2.45, 2.75) is 25.2 Å². The van der Waals surface area contributed by atoms with Gasteiger partial charge in [-0.05, 0) is 36.2 Å².